The molecule has 1 N–H and O–H groups in total. The fourth-order valence-corrected chi connectivity index (χ4v) is 1.90. The summed E-state index contributed by atoms with van der Waals surface area (Å²) in [6.45, 7) is -0.119. The zero-order chi connectivity index (χ0) is 12.6. The van der Waals surface area contributed by atoms with E-state index in [0.29, 0.717) is 0 Å². The molecule has 16 heavy (non-hydrogen) atoms. The lowest BCUT2D eigenvalue weighted by Crippen LogP contribution is -2.45. The smallest absolute Gasteiger partial charge is 0.395 e. The quantitative estimate of drug-likeness (QED) is 0.762. The van der Waals surface area contributed by atoms with Crippen molar-refractivity contribution in [1.29, 1.82) is 0 Å². The van der Waals surface area contributed by atoms with E-state index in [9.17, 15) is 18.0 Å². The first-order chi connectivity index (χ1) is 7.23. The van der Waals surface area contributed by atoms with Crippen LogP contribution in [-0.2, 0) is 4.79 Å². The average Bonchev–Trinajstić information content (AvgIpc) is 2.60. The van der Waals surface area contributed by atoms with Crippen LogP contribution in [0.4, 0.5) is 13.2 Å². The second-order valence-corrected chi connectivity index (χ2v) is 4.72. The number of rotatable bonds is 2. The van der Waals surface area contributed by atoms with Gasteiger partial charge in [-0.15, -0.1) is 11.6 Å². The minimum absolute atomic E-state index is 0.0179. The van der Waals surface area contributed by atoms with Crippen LogP contribution in [0.3, 0.4) is 0 Å². The van der Waals surface area contributed by atoms with Crippen LogP contribution in [0.25, 0.3) is 0 Å². The van der Waals surface area contributed by atoms with Gasteiger partial charge in [-0.3, -0.25) is 4.79 Å². The number of likely N-dealkylation sites (tertiary alicyclic amines) is 1. The van der Waals surface area contributed by atoms with Gasteiger partial charge >= 0.3 is 6.18 Å². The van der Waals surface area contributed by atoms with Gasteiger partial charge in [-0.1, -0.05) is 0 Å². The van der Waals surface area contributed by atoms with Crippen LogP contribution in [0.5, 0.6) is 0 Å². The van der Waals surface area contributed by atoms with Crippen molar-refractivity contribution in [1.82, 2.24) is 4.90 Å². The Kier molecular flexibility index (Phi) is 3.74. The van der Waals surface area contributed by atoms with E-state index in [1.165, 1.54) is 6.92 Å². The van der Waals surface area contributed by atoms with E-state index in [1.54, 1.807) is 0 Å². The molecule has 1 saturated heterocycles. The molecule has 2 atom stereocenters. The van der Waals surface area contributed by atoms with E-state index in [-0.39, 0.29) is 13.0 Å². The van der Waals surface area contributed by atoms with Crippen LogP contribution in [0.15, 0.2) is 0 Å². The summed E-state index contributed by atoms with van der Waals surface area (Å²) in [5.74, 6) is -0.527. The molecule has 94 valence electrons. The Labute approximate surface area is 96.2 Å². The number of halogens is 4. The summed E-state index contributed by atoms with van der Waals surface area (Å²) >= 11 is 5.52. The zero-order valence-corrected chi connectivity index (χ0v) is 9.48. The summed E-state index contributed by atoms with van der Waals surface area (Å²) in [6.07, 6.45) is -4.78. The normalized spacial score (nSPS) is 28.2. The number of nitrogens with zero attached hydrogens (tertiary/aromatic N) is 1. The van der Waals surface area contributed by atoms with E-state index >= 15 is 0 Å². The number of aliphatic hydroxyl groups excluding tert-OH is 1. The number of hydrogen-bond donors (Lipinski definition) is 1. The molecule has 0 radical (unpaired) electrons. The van der Waals surface area contributed by atoms with Crippen LogP contribution in [0, 0.1) is 5.41 Å². The number of carbonyl (C=O) groups is 1. The van der Waals surface area contributed by atoms with E-state index in [1.807, 2.05) is 0 Å². The minimum Gasteiger partial charge on any atom is -0.395 e. The fraction of sp³-hybridized carbons (Fsp3) is 0.889. The summed E-state index contributed by atoms with van der Waals surface area (Å²) in [7, 11) is 0. The first-order valence-corrected chi connectivity index (χ1v) is 5.27. The van der Waals surface area contributed by atoms with Crippen molar-refractivity contribution in [3.8, 4) is 0 Å². The highest BCUT2D eigenvalue weighted by Crippen LogP contribution is 2.45. The summed E-state index contributed by atoms with van der Waals surface area (Å²) in [5, 5.41) is 8.05. The third-order valence-corrected chi connectivity index (χ3v) is 3.10. The highest BCUT2D eigenvalue weighted by Gasteiger charge is 2.58. The molecule has 1 rings (SSSR count). The lowest BCUT2D eigenvalue weighted by molar-refractivity contribution is -0.230. The Bertz CT molecular complexity index is 282. The molecule has 1 fully saturated rings. The zero-order valence-electron chi connectivity index (χ0n) is 8.72. The molecule has 1 heterocycles. The Morgan fingerprint density at radius 2 is 2.19 bits per heavy atom. The lowest BCUT2D eigenvalue weighted by Gasteiger charge is -2.29. The van der Waals surface area contributed by atoms with Crippen molar-refractivity contribution in [3.05, 3.63) is 0 Å². The molecule has 0 aliphatic carbocycles. The summed E-state index contributed by atoms with van der Waals surface area (Å²) in [6, 6.07) is 0. The molecular formula is C9H13ClF3NO2. The molecule has 1 aliphatic rings. The molecule has 0 bridgehead atoms. The maximum Gasteiger partial charge on any atom is 0.398 e. The van der Waals surface area contributed by atoms with E-state index < -0.39 is 36.0 Å². The first-order valence-electron chi connectivity index (χ1n) is 4.84. The molecule has 0 spiro atoms. The number of alkyl halides is 4. The van der Waals surface area contributed by atoms with Crippen LogP contribution < -0.4 is 0 Å². The Morgan fingerprint density at radius 1 is 1.62 bits per heavy atom. The van der Waals surface area contributed by atoms with Crippen LogP contribution in [0.2, 0.25) is 0 Å². The fourth-order valence-electron chi connectivity index (χ4n) is 1.76. The van der Waals surface area contributed by atoms with Gasteiger partial charge in [0.2, 0.25) is 5.91 Å². The van der Waals surface area contributed by atoms with Crippen molar-refractivity contribution in [3.63, 3.8) is 0 Å². The summed E-state index contributed by atoms with van der Waals surface area (Å²) < 4.78 is 38.2. The van der Waals surface area contributed by atoms with E-state index in [0.717, 1.165) is 4.90 Å². The maximum absolute atomic E-state index is 12.7. The van der Waals surface area contributed by atoms with Gasteiger partial charge < -0.3 is 10.0 Å². The van der Waals surface area contributed by atoms with Crippen molar-refractivity contribution in [2.24, 2.45) is 5.41 Å². The highest BCUT2D eigenvalue weighted by molar-refractivity contribution is 6.30. The predicted molar refractivity (Wildman–Crippen MR) is 52.1 cm³/mol. The van der Waals surface area contributed by atoms with Crippen molar-refractivity contribution >= 4 is 17.5 Å². The van der Waals surface area contributed by atoms with Crippen LogP contribution in [-0.4, -0.2) is 47.2 Å². The van der Waals surface area contributed by atoms with Crippen molar-refractivity contribution in [2.45, 2.75) is 24.9 Å². The molecular weight excluding hydrogens is 247 g/mol. The summed E-state index contributed by atoms with van der Waals surface area (Å²) in [5.41, 5.74) is -2.19. The van der Waals surface area contributed by atoms with Crippen molar-refractivity contribution in [2.75, 3.05) is 19.7 Å². The molecule has 0 aromatic heterocycles. The molecule has 3 nitrogen and oxygen atoms in total. The number of hydrogen-bond acceptors (Lipinski definition) is 2. The van der Waals surface area contributed by atoms with Crippen molar-refractivity contribution < 1.29 is 23.1 Å². The molecule has 7 heteroatoms. The maximum atomic E-state index is 12.7. The Morgan fingerprint density at radius 3 is 2.50 bits per heavy atom. The molecule has 0 unspecified atom stereocenters. The summed E-state index contributed by atoms with van der Waals surface area (Å²) in [4.78, 5) is 12.5. The van der Waals surface area contributed by atoms with E-state index in [2.05, 4.69) is 0 Å². The number of aliphatic hydroxyl groups is 1. The predicted octanol–water partition coefficient (Wildman–Crippen LogP) is 1.39. The molecule has 0 aromatic rings. The Balaban J connectivity index is 2.80. The average molecular weight is 260 g/mol. The second-order valence-electron chi connectivity index (χ2n) is 4.06. The lowest BCUT2D eigenvalue weighted by atomic mass is 9.87. The van der Waals surface area contributed by atoms with Gasteiger partial charge in [0.15, 0.2) is 0 Å². The topological polar surface area (TPSA) is 40.5 Å². The van der Waals surface area contributed by atoms with Gasteiger partial charge in [-0.25, -0.2) is 0 Å². The Hall–Kier alpha value is -0.490. The monoisotopic (exact) mass is 259 g/mol. The van der Waals surface area contributed by atoms with Gasteiger partial charge in [0.25, 0.3) is 0 Å². The number of amides is 1. The van der Waals surface area contributed by atoms with Gasteiger partial charge in [0.05, 0.1) is 6.61 Å². The third-order valence-electron chi connectivity index (χ3n) is 2.91. The second kappa shape index (κ2) is 4.41. The van der Waals surface area contributed by atoms with E-state index in [4.69, 9.17) is 16.7 Å². The largest absolute Gasteiger partial charge is 0.398 e. The minimum atomic E-state index is -4.51. The van der Waals surface area contributed by atoms with Gasteiger partial charge in [0, 0.05) is 13.1 Å². The molecule has 1 aliphatic heterocycles. The van der Waals surface area contributed by atoms with Gasteiger partial charge in [-0.05, 0) is 13.3 Å². The number of carbonyl (C=O) groups excluding carboxylic acids is 1. The highest BCUT2D eigenvalue weighted by atomic mass is 35.5. The van der Waals surface area contributed by atoms with Crippen LogP contribution >= 0.6 is 11.6 Å². The molecule has 0 saturated carbocycles. The van der Waals surface area contributed by atoms with Crippen LogP contribution in [0.1, 0.15) is 13.3 Å². The van der Waals surface area contributed by atoms with Gasteiger partial charge in [0.1, 0.15) is 10.8 Å². The third kappa shape index (κ3) is 2.27. The molecule has 1 amide bonds. The molecule has 0 aromatic carbocycles. The SMILES string of the molecule is C[C@@H](Cl)C(=O)N1CC[C@](CO)(C(F)(F)F)C1. The standard InChI is InChI=1S/C9H13ClF3NO2/c1-6(10)7(16)14-3-2-8(4-14,5-15)9(11,12)13/h6,15H,2-5H2,1H3/t6-,8+/m1/s1. The van der Waals surface area contributed by atoms with Gasteiger partial charge in [-0.2, -0.15) is 13.2 Å². The first kappa shape index (κ1) is 13.6.